The Balaban J connectivity index is 1.57. The van der Waals surface area contributed by atoms with Crippen LogP contribution in [0, 0.1) is 40.9 Å². The highest BCUT2D eigenvalue weighted by Crippen LogP contribution is 2.43. The molecule has 0 bridgehead atoms. The lowest BCUT2D eigenvalue weighted by molar-refractivity contribution is -0.152. The zero-order chi connectivity index (χ0) is 53.1. The topological polar surface area (TPSA) is 221 Å². The average Bonchev–Trinajstić information content (AvgIpc) is 3.89. The maximum absolute atomic E-state index is 15.1. The number of rotatable bonds is 20. The monoisotopic (exact) mass is 1020 g/mol. The van der Waals surface area contributed by atoms with Gasteiger partial charge in [-0.2, -0.15) is 0 Å². The van der Waals surface area contributed by atoms with E-state index in [9.17, 15) is 24.3 Å². The molecule has 2 aromatic carbocycles. The summed E-state index contributed by atoms with van der Waals surface area (Å²) in [5, 5.41) is 14.5. The Kier molecular flexibility index (Phi) is 19.2. The highest BCUT2D eigenvalue weighted by atomic mass is 32.2. The number of aliphatic hydroxyl groups is 1. The van der Waals surface area contributed by atoms with Crippen LogP contribution >= 0.6 is 11.8 Å². The Hall–Kier alpha value is -6.30. The second kappa shape index (κ2) is 25.1. The van der Waals surface area contributed by atoms with Gasteiger partial charge in [-0.3, -0.25) is 14.4 Å². The third-order valence-corrected chi connectivity index (χ3v) is 15.0. The summed E-state index contributed by atoms with van der Waals surface area (Å²) in [6.45, 7) is 19.9. The summed E-state index contributed by atoms with van der Waals surface area (Å²) in [7, 11) is 0. The minimum atomic E-state index is -1.31. The van der Waals surface area contributed by atoms with E-state index in [0.717, 1.165) is 43.5 Å². The van der Waals surface area contributed by atoms with Gasteiger partial charge < -0.3 is 44.4 Å². The minimum absolute atomic E-state index is 0.00658. The third-order valence-electron chi connectivity index (χ3n) is 13.8. The number of hydrogen-bond donors (Lipinski definition) is 4. The van der Waals surface area contributed by atoms with Crippen LogP contribution < -0.4 is 10.6 Å². The summed E-state index contributed by atoms with van der Waals surface area (Å²) < 4.78 is 28.4. The molecule has 2 aliphatic carbocycles. The number of nitrogens with one attached hydrogen (secondary N) is 3. The van der Waals surface area contributed by atoms with Gasteiger partial charge in [0.2, 0.25) is 11.8 Å². The van der Waals surface area contributed by atoms with E-state index in [2.05, 4.69) is 63.7 Å². The van der Waals surface area contributed by atoms with Crippen molar-refractivity contribution in [2.45, 2.75) is 111 Å². The summed E-state index contributed by atoms with van der Waals surface area (Å²) >= 11 is 0.988. The molecule has 0 radical (unpaired) electrons. The number of anilines is 1. The number of aromatic amines is 1. The summed E-state index contributed by atoms with van der Waals surface area (Å²) in [5.74, 6) is -2.36. The lowest BCUT2D eigenvalue weighted by Gasteiger charge is -2.37. The van der Waals surface area contributed by atoms with E-state index in [1.54, 1.807) is 26.8 Å². The maximum atomic E-state index is 15.1. The molecular formula is C56H70N4O12S. The van der Waals surface area contributed by atoms with Crippen molar-refractivity contribution in [3.05, 3.63) is 101 Å². The molecule has 6 rings (SSSR count). The van der Waals surface area contributed by atoms with Gasteiger partial charge in [0.15, 0.2) is 0 Å². The molecule has 4 N–H and O–H groups in total. The van der Waals surface area contributed by atoms with Crippen molar-refractivity contribution >= 4 is 71.3 Å². The van der Waals surface area contributed by atoms with Crippen molar-refractivity contribution < 1.29 is 57.6 Å². The van der Waals surface area contributed by atoms with Crippen LogP contribution in [-0.4, -0.2) is 95.0 Å². The van der Waals surface area contributed by atoms with Crippen LogP contribution in [0.25, 0.3) is 22.8 Å². The molecular weight excluding hydrogens is 953 g/mol. The number of amidine groups is 1. The number of aliphatic imine (C=N–C) groups is 1. The Morgan fingerprint density at radius 3 is 1.92 bits per heavy atom. The van der Waals surface area contributed by atoms with Crippen LogP contribution in [0.2, 0.25) is 0 Å². The van der Waals surface area contributed by atoms with Gasteiger partial charge in [-0.1, -0.05) is 109 Å². The third kappa shape index (κ3) is 13.9. The molecule has 2 amide bonds. The molecule has 1 aliphatic heterocycles. The van der Waals surface area contributed by atoms with Crippen LogP contribution in [0.1, 0.15) is 110 Å². The first kappa shape index (κ1) is 56.0. The Bertz CT molecular complexity index is 2570. The van der Waals surface area contributed by atoms with Crippen LogP contribution in [-0.2, 0) is 47.7 Å². The van der Waals surface area contributed by atoms with E-state index in [4.69, 9.17) is 28.7 Å². The number of carbonyl (C=O) groups excluding carboxylic acids is 6. The molecule has 3 aliphatic rings. The highest BCUT2D eigenvalue weighted by molar-refractivity contribution is 8.01. The summed E-state index contributed by atoms with van der Waals surface area (Å²) in [4.78, 5) is 90.1. The van der Waals surface area contributed by atoms with Gasteiger partial charge in [-0.05, 0) is 99.2 Å². The summed E-state index contributed by atoms with van der Waals surface area (Å²) in [5.41, 5.74) is 0.104. The van der Waals surface area contributed by atoms with Gasteiger partial charge in [0.25, 0.3) is 6.47 Å². The standard InChI is InChI=1S/C56H70N4O12S/c1-11-42(63)69-28-56(9,10)55(67)60-51-47(54(66)72-49-35(6)24-32(3)25-36(49)7)45(39-20-16-13-17-21-39)41(58-51)26-40-44(38-18-14-12-15-19-38)46(53(65)71-48-33(4)22-31(2)23-34(48)5)50(57-40)59-52(64)37(8)73-43(70-30-62)27-68-29-61/h11-21,26,29,31-37,43,48-49,57,62H,1,22-25,27-28,30H2,2-10H3,(H,59,64)(H,58,60,67). The first-order valence-corrected chi connectivity index (χ1v) is 25.9. The zero-order valence-electron chi connectivity index (χ0n) is 43.2. The van der Waals surface area contributed by atoms with Crippen LogP contribution in [0.5, 0.6) is 0 Å². The number of benzene rings is 2. The molecule has 0 saturated heterocycles. The van der Waals surface area contributed by atoms with E-state index in [-0.39, 0.29) is 71.8 Å². The molecule has 6 atom stereocenters. The predicted molar refractivity (Wildman–Crippen MR) is 280 cm³/mol. The zero-order valence-corrected chi connectivity index (χ0v) is 44.0. The molecule has 2 fully saturated rings. The summed E-state index contributed by atoms with van der Waals surface area (Å²) in [6.07, 6.45) is 5.19. The maximum Gasteiger partial charge on any atom is 0.342 e. The fourth-order valence-corrected chi connectivity index (χ4v) is 11.4. The first-order valence-electron chi connectivity index (χ1n) is 24.9. The first-order chi connectivity index (χ1) is 34.8. The molecule has 16 nitrogen and oxygen atoms in total. The fourth-order valence-electron chi connectivity index (χ4n) is 10.4. The van der Waals surface area contributed by atoms with Crippen molar-refractivity contribution in [1.82, 2.24) is 10.3 Å². The van der Waals surface area contributed by atoms with E-state index in [1.807, 2.05) is 60.7 Å². The Morgan fingerprint density at radius 2 is 1.38 bits per heavy atom. The second-order valence-electron chi connectivity index (χ2n) is 20.5. The van der Waals surface area contributed by atoms with Gasteiger partial charge in [0, 0.05) is 17.2 Å². The predicted octanol–water partition coefficient (Wildman–Crippen LogP) is 9.13. The Morgan fingerprint density at radius 1 is 0.836 bits per heavy atom. The molecule has 17 heteroatoms. The van der Waals surface area contributed by atoms with E-state index in [1.165, 1.54) is 0 Å². The molecule has 6 unspecified atom stereocenters. The number of nitrogens with zero attached hydrogens (tertiary/aromatic N) is 1. The van der Waals surface area contributed by atoms with E-state index < -0.39 is 64.8 Å². The molecule has 73 heavy (non-hydrogen) atoms. The number of H-pyrrole nitrogens is 1. The normalized spacial score (nSPS) is 24.4. The number of ether oxygens (including phenoxy) is 5. The minimum Gasteiger partial charge on any atom is -0.464 e. The molecule has 1 aromatic heterocycles. The number of aromatic nitrogens is 1. The second-order valence-corrected chi connectivity index (χ2v) is 22.0. The largest absolute Gasteiger partial charge is 0.464 e. The fraction of sp³-hybridized carbons (Fsp3) is 0.482. The van der Waals surface area contributed by atoms with Crippen molar-refractivity contribution in [1.29, 1.82) is 0 Å². The number of carbonyl (C=O) groups is 6. The highest BCUT2D eigenvalue weighted by Gasteiger charge is 2.41. The van der Waals surface area contributed by atoms with Gasteiger partial charge in [0.1, 0.15) is 60.4 Å². The number of thioether (sulfide) groups is 1. The number of aliphatic hydroxyl groups excluding tert-OH is 1. The summed E-state index contributed by atoms with van der Waals surface area (Å²) in [6, 6.07) is 18.2. The van der Waals surface area contributed by atoms with E-state index >= 15 is 9.59 Å². The molecule has 392 valence electrons. The lowest BCUT2D eigenvalue weighted by atomic mass is 9.75. The van der Waals surface area contributed by atoms with Gasteiger partial charge in [0.05, 0.1) is 22.1 Å². The number of allylic oxidation sites excluding steroid dienone is 1. The SMILES string of the molecule is C=CC(=O)OCC(C)(C)C(=O)NC1=NC(=Cc2[nH]c(NC(=O)C(C)SC(COC=O)OCO)c(C(=O)OC3C(C)CC(C)CC3C)c2-c2ccccc2)C(c2ccccc2)=C1C(=O)OC1C(C)CC(C)CC1C. The molecule has 2 heterocycles. The number of esters is 3. The molecule has 3 aromatic rings. The number of amides is 2. The van der Waals surface area contributed by atoms with Gasteiger partial charge in [-0.25, -0.2) is 19.4 Å². The van der Waals surface area contributed by atoms with Gasteiger partial charge in [-0.15, -0.1) is 11.8 Å². The van der Waals surface area contributed by atoms with Gasteiger partial charge >= 0.3 is 17.9 Å². The van der Waals surface area contributed by atoms with Crippen molar-refractivity contribution in [2.75, 3.05) is 25.3 Å². The smallest absolute Gasteiger partial charge is 0.342 e. The van der Waals surface area contributed by atoms with Crippen molar-refractivity contribution in [3.63, 3.8) is 0 Å². The van der Waals surface area contributed by atoms with Crippen LogP contribution in [0.3, 0.4) is 0 Å². The molecule has 0 spiro atoms. The van der Waals surface area contributed by atoms with Crippen molar-refractivity contribution in [2.24, 2.45) is 45.9 Å². The van der Waals surface area contributed by atoms with E-state index in [0.29, 0.717) is 39.8 Å². The molecule has 2 saturated carbocycles. The Labute approximate surface area is 432 Å². The van der Waals surface area contributed by atoms with Crippen LogP contribution in [0.15, 0.2) is 89.6 Å². The lowest BCUT2D eigenvalue weighted by Crippen LogP contribution is -2.45. The average molecular weight is 1020 g/mol. The van der Waals surface area contributed by atoms with Crippen LogP contribution in [0.4, 0.5) is 5.82 Å². The number of hydrogen-bond acceptors (Lipinski definition) is 14. The quantitative estimate of drug-likeness (QED) is 0.0273. The van der Waals surface area contributed by atoms with Crippen molar-refractivity contribution in [3.8, 4) is 11.1 Å².